The first-order chi connectivity index (χ1) is 25.6. The van der Waals surface area contributed by atoms with Crippen LogP contribution in [0.15, 0.2) is 64.0 Å². The SMILES string of the molecule is C=C1NC(=O)c2nc(-c3c[nH]c4ccccc34)c(=O)n(C[C@H](O)[C@H](O)[C@H](O)CO)c2N1.C=c1nc([O-])c2c(n1)N(C[C@H](O)[C@H](O)[C@H](O)CO)C(C)=C(C)N=2. The van der Waals surface area contributed by atoms with E-state index >= 15 is 0 Å². The van der Waals surface area contributed by atoms with Crippen molar-refractivity contribution in [1.29, 1.82) is 0 Å². The number of benzene rings is 1. The molecule has 0 spiro atoms. The van der Waals surface area contributed by atoms with Crippen molar-refractivity contribution < 1.29 is 50.8 Å². The molecule has 0 fully saturated rings. The third kappa shape index (κ3) is 7.85. The molecule has 0 saturated heterocycles. The number of hydrogen-bond acceptors (Lipinski definition) is 17. The summed E-state index contributed by atoms with van der Waals surface area (Å²) in [5.41, 5.74) is 1.64. The van der Waals surface area contributed by atoms with Crippen LogP contribution in [0, 0.1) is 0 Å². The van der Waals surface area contributed by atoms with Crippen LogP contribution in [-0.4, -0.2) is 128 Å². The number of carbonyl (C=O) groups excluding carboxylic acids is 1. The Kier molecular flexibility index (Phi) is 11.9. The van der Waals surface area contributed by atoms with E-state index in [1.807, 2.05) is 12.1 Å². The molecule has 3 aromatic heterocycles. The molecule has 1 amide bonds. The quantitative estimate of drug-likeness (QED) is 0.0693. The first-order valence-corrected chi connectivity index (χ1v) is 16.4. The van der Waals surface area contributed by atoms with Gasteiger partial charge in [0.05, 0.1) is 32.0 Å². The predicted octanol–water partition coefficient (Wildman–Crippen LogP) is -4.18. The number of aliphatic hydroxyl groups is 8. The number of hydrogen-bond donors (Lipinski definition) is 11. The molecule has 20 nitrogen and oxygen atoms in total. The number of nitrogens with zero attached hydrogens (tertiary/aromatic N) is 6. The van der Waals surface area contributed by atoms with Gasteiger partial charge in [0.2, 0.25) is 0 Å². The van der Waals surface area contributed by atoms with Crippen molar-refractivity contribution in [2.45, 2.75) is 57.0 Å². The van der Waals surface area contributed by atoms with Gasteiger partial charge in [0.1, 0.15) is 64.8 Å². The largest absolute Gasteiger partial charge is 0.857 e. The number of aromatic nitrogens is 5. The molecule has 0 unspecified atom stereocenters. The molecule has 4 aromatic rings. The second-order valence-electron chi connectivity index (χ2n) is 12.5. The summed E-state index contributed by atoms with van der Waals surface area (Å²) in [5.74, 6) is -0.894. The van der Waals surface area contributed by atoms with Crippen molar-refractivity contribution in [3.05, 3.63) is 81.1 Å². The van der Waals surface area contributed by atoms with Crippen LogP contribution in [0.3, 0.4) is 0 Å². The number of H-pyrrole nitrogens is 1. The van der Waals surface area contributed by atoms with E-state index < -0.39 is 73.7 Å². The van der Waals surface area contributed by atoms with Gasteiger partial charge in [0.25, 0.3) is 11.5 Å². The molecule has 2 aliphatic heterocycles. The van der Waals surface area contributed by atoms with Crippen LogP contribution in [0.2, 0.25) is 0 Å². The number of β-amino-alcohol motifs (C(OH)–C–C–N with tert-alkyl or cyclic N) is 1. The number of para-hydroxylation sites is 1. The Labute approximate surface area is 305 Å². The number of rotatable bonds is 11. The summed E-state index contributed by atoms with van der Waals surface area (Å²) in [4.78, 5) is 46.6. The van der Waals surface area contributed by atoms with Crippen LogP contribution in [0.1, 0.15) is 24.3 Å². The van der Waals surface area contributed by atoms with E-state index in [-0.39, 0.29) is 46.2 Å². The van der Waals surface area contributed by atoms with Gasteiger partial charge in [-0.3, -0.25) is 14.2 Å². The Morgan fingerprint density at radius 1 is 0.833 bits per heavy atom. The van der Waals surface area contributed by atoms with Crippen LogP contribution < -0.4 is 37.0 Å². The second kappa shape index (κ2) is 16.2. The van der Waals surface area contributed by atoms with Gasteiger partial charge in [-0.2, -0.15) is 0 Å². The van der Waals surface area contributed by atoms with E-state index in [2.05, 4.69) is 48.7 Å². The molecule has 20 heteroatoms. The molecule has 0 bridgehead atoms. The lowest BCUT2D eigenvalue weighted by Crippen LogP contribution is -2.48. The molecule has 6 rings (SSSR count). The molecular formula is C34H40N9O11-. The highest BCUT2D eigenvalue weighted by atomic mass is 16.4. The number of nitrogens with one attached hydrogen (secondary N) is 3. The molecule has 2 aliphatic rings. The lowest BCUT2D eigenvalue weighted by molar-refractivity contribution is -0.277. The smallest absolute Gasteiger partial charge is 0.279 e. The van der Waals surface area contributed by atoms with Gasteiger partial charge in [-0.15, -0.1) is 0 Å². The average molecular weight is 751 g/mol. The maximum atomic E-state index is 13.4. The normalized spacial score (nSPS) is 17.2. The van der Waals surface area contributed by atoms with E-state index in [0.717, 1.165) is 10.1 Å². The summed E-state index contributed by atoms with van der Waals surface area (Å²) in [5, 5.41) is 95.1. The second-order valence-corrected chi connectivity index (χ2v) is 12.5. The van der Waals surface area contributed by atoms with E-state index in [1.54, 1.807) is 32.2 Å². The predicted molar refractivity (Wildman–Crippen MR) is 190 cm³/mol. The number of carbonyl (C=O) groups is 1. The third-order valence-electron chi connectivity index (χ3n) is 8.79. The summed E-state index contributed by atoms with van der Waals surface area (Å²) >= 11 is 0. The van der Waals surface area contributed by atoms with Crippen LogP contribution in [0.5, 0.6) is 5.88 Å². The zero-order chi connectivity index (χ0) is 39.6. The van der Waals surface area contributed by atoms with Crippen LogP contribution in [0.4, 0.5) is 11.6 Å². The first-order valence-electron chi connectivity index (χ1n) is 16.4. The molecule has 288 valence electrons. The van der Waals surface area contributed by atoms with Crippen molar-refractivity contribution in [2.75, 3.05) is 30.0 Å². The fourth-order valence-electron chi connectivity index (χ4n) is 5.74. The Hall–Kier alpha value is -5.58. The monoisotopic (exact) mass is 750 g/mol. The minimum absolute atomic E-state index is 0.00733. The minimum Gasteiger partial charge on any atom is -0.857 e. The topological polar surface area (TPSA) is 318 Å². The highest BCUT2D eigenvalue weighted by molar-refractivity contribution is 6.02. The molecule has 0 aliphatic carbocycles. The number of anilines is 2. The summed E-state index contributed by atoms with van der Waals surface area (Å²) < 4.78 is 1.06. The molecule has 1 aromatic carbocycles. The molecule has 0 radical (unpaired) electrons. The summed E-state index contributed by atoms with van der Waals surface area (Å²) in [6, 6.07) is 7.24. The van der Waals surface area contributed by atoms with Crippen LogP contribution in [-0.2, 0) is 6.54 Å². The maximum Gasteiger partial charge on any atom is 0.279 e. The van der Waals surface area contributed by atoms with E-state index in [4.69, 9.17) is 10.2 Å². The van der Waals surface area contributed by atoms with Crippen LogP contribution in [0.25, 0.3) is 28.7 Å². The van der Waals surface area contributed by atoms with Crippen molar-refractivity contribution in [1.82, 2.24) is 29.8 Å². The number of aromatic amines is 1. The lowest BCUT2D eigenvalue weighted by Gasteiger charge is -2.32. The minimum atomic E-state index is -1.72. The number of aliphatic hydroxyl groups excluding tert-OH is 8. The Morgan fingerprint density at radius 2 is 1.46 bits per heavy atom. The van der Waals surface area contributed by atoms with E-state index in [0.29, 0.717) is 22.3 Å². The number of allylic oxidation sites excluding steroid dienone is 2. The highest BCUT2D eigenvalue weighted by Crippen LogP contribution is 2.28. The standard InChI is InChI=1S/C20H21N5O6.C14H20N4O5/c1-9-22-18-16(19(30)23-9)24-15(11-6-21-12-5-3-2-4-10(11)12)20(31)25(18)7-13(27)17(29)14(28)8-26;1-6-7(2)18(4-9(20)12(22)10(21)5-19)13-11(15-6)14(23)17-8(3)16-13/h2-6,13-14,17,21-22,26-29H,1,7-8H2,(H,23,30);9-10,12,19-22H,3-5H2,1-2H3,(H,17,23)/p-1/t13-,14+,17-;9-,10+,12-/m00/s1. The third-order valence-corrected chi connectivity index (χ3v) is 8.79. The van der Waals surface area contributed by atoms with Gasteiger partial charge >= 0.3 is 0 Å². The van der Waals surface area contributed by atoms with Crippen molar-refractivity contribution in [3.8, 4) is 17.1 Å². The van der Waals surface area contributed by atoms with Crippen molar-refractivity contribution in [3.63, 3.8) is 0 Å². The first kappa shape index (κ1) is 39.6. The Balaban J connectivity index is 0.000000218. The van der Waals surface area contributed by atoms with Crippen molar-refractivity contribution in [2.24, 2.45) is 4.99 Å². The zero-order valence-electron chi connectivity index (χ0n) is 29.1. The Bertz CT molecular complexity index is 2280. The molecule has 54 heavy (non-hydrogen) atoms. The van der Waals surface area contributed by atoms with E-state index in [1.165, 1.54) is 4.90 Å². The number of amides is 1. The Morgan fingerprint density at radius 3 is 2.11 bits per heavy atom. The fourth-order valence-corrected chi connectivity index (χ4v) is 5.74. The molecule has 11 N–H and O–H groups in total. The molecule has 5 heterocycles. The zero-order valence-corrected chi connectivity index (χ0v) is 29.1. The molecule has 6 atom stereocenters. The van der Waals surface area contributed by atoms with Gasteiger partial charge < -0.3 is 66.5 Å². The van der Waals surface area contributed by atoms with Gasteiger partial charge in [-0.05, 0) is 19.9 Å². The summed E-state index contributed by atoms with van der Waals surface area (Å²) in [6.07, 6.45) is -7.78. The maximum absolute atomic E-state index is 13.4. The summed E-state index contributed by atoms with van der Waals surface area (Å²) in [6.45, 7) is 8.47. The van der Waals surface area contributed by atoms with Gasteiger partial charge in [0, 0.05) is 34.2 Å². The number of fused-ring (bicyclic) bond motifs is 3. The van der Waals surface area contributed by atoms with Crippen LogP contribution >= 0.6 is 0 Å². The highest BCUT2D eigenvalue weighted by Gasteiger charge is 2.32. The van der Waals surface area contributed by atoms with Gasteiger partial charge in [0.15, 0.2) is 11.5 Å². The van der Waals surface area contributed by atoms with Gasteiger partial charge in [-0.25, -0.2) is 19.9 Å². The summed E-state index contributed by atoms with van der Waals surface area (Å²) in [7, 11) is 0. The van der Waals surface area contributed by atoms with Crippen molar-refractivity contribution >= 4 is 35.0 Å². The lowest BCUT2D eigenvalue weighted by atomic mass is 10.1. The average Bonchev–Trinajstić information content (AvgIpc) is 3.57. The fraction of sp³-hybridized carbons (Fsp3) is 0.353. The van der Waals surface area contributed by atoms with Gasteiger partial charge in [-0.1, -0.05) is 31.4 Å². The van der Waals surface area contributed by atoms with E-state index in [9.17, 15) is 45.3 Å². The molecular weight excluding hydrogens is 710 g/mol. The molecule has 0 saturated carbocycles.